The first-order valence-corrected chi connectivity index (χ1v) is 8.04. The van der Waals surface area contributed by atoms with Crippen LogP contribution in [0.3, 0.4) is 0 Å². The first-order valence-electron chi connectivity index (χ1n) is 6.87. The number of hydrogen-bond acceptors (Lipinski definition) is 2. The third kappa shape index (κ3) is 3.72. The van der Waals surface area contributed by atoms with Crippen molar-refractivity contribution >= 4 is 27.5 Å². The molecule has 1 aromatic rings. The molecule has 0 bridgehead atoms. The Bertz CT molecular complexity index is 436. The van der Waals surface area contributed by atoms with Gasteiger partial charge in [0.1, 0.15) is 0 Å². The van der Waals surface area contributed by atoms with Gasteiger partial charge < -0.3 is 5.32 Å². The van der Waals surface area contributed by atoms with E-state index in [1.807, 2.05) is 6.07 Å². The van der Waals surface area contributed by atoms with E-state index in [1.54, 1.807) is 0 Å². The molecule has 1 saturated heterocycles. The lowest BCUT2D eigenvalue weighted by atomic mass is 9.93. The number of rotatable bonds is 4. The number of nitrogens with zero attached hydrogens (tertiary/aromatic N) is 1. The highest BCUT2D eigenvalue weighted by Crippen LogP contribution is 2.37. The quantitative estimate of drug-likeness (QED) is 0.884. The number of likely N-dealkylation sites (tertiary alicyclic amines) is 1. The summed E-state index contributed by atoms with van der Waals surface area (Å²) in [6.45, 7) is 6.64. The van der Waals surface area contributed by atoms with Crippen molar-refractivity contribution < 1.29 is 0 Å². The molecule has 1 aliphatic rings. The van der Waals surface area contributed by atoms with Gasteiger partial charge in [0.15, 0.2) is 0 Å². The summed E-state index contributed by atoms with van der Waals surface area (Å²) < 4.78 is 0.988. The van der Waals surface area contributed by atoms with Crippen molar-refractivity contribution in [2.75, 3.05) is 20.1 Å². The van der Waals surface area contributed by atoms with Crippen LogP contribution >= 0.6 is 27.5 Å². The third-order valence-electron chi connectivity index (χ3n) is 3.85. The molecule has 2 rings (SSSR count). The molecule has 1 fully saturated rings. The minimum atomic E-state index is 0.486. The van der Waals surface area contributed by atoms with Crippen molar-refractivity contribution in [3.8, 4) is 0 Å². The van der Waals surface area contributed by atoms with Crippen molar-refractivity contribution in [2.45, 2.75) is 32.4 Å². The average Bonchev–Trinajstić information content (AvgIpc) is 2.71. The van der Waals surface area contributed by atoms with E-state index in [0.29, 0.717) is 18.0 Å². The van der Waals surface area contributed by atoms with Crippen LogP contribution in [0.15, 0.2) is 22.7 Å². The molecule has 0 aromatic heterocycles. The molecular weight excluding hydrogens is 324 g/mol. The van der Waals surface area contributed by atoms with Crippen LogP contribution in [0.2, 0.25) is 5.02 Å². The lowest BCUT2D eigenvalue weighted by Gasteiger charge is -2.26. The minimum absolute atomic E-state index is 0.486. The maximum atomic E-state index is 6.09. The van der Waals surface area contributed by atoms with Crippen LogP contribution in [-0.2, 0) is 0 Å². The summed E-state index contributed by atoms with van der Waals surface area (Å²) in [7, 11) is 2.21. The van der Waals surface area contributed by atoms with E-state index < -0.39 is 0 Å². The van der Waals surface area contributed by atoms with E-state index in [9.17, 15) is 0 Å². The number of benzene rings is 1. The third-order valence-corrected chi connectivity index (χ3v) is 5.06. The molecular formula is C15H22BrClN2. The Morgan fingerprint density at radius 2 is 2.21 bits per heavy atom. The molecule has 106 valence electrons. The van der Waals surface area contributed by atoms with Crippen molar-refractivity contribution in [1.82, 2.24) is 10.2 Å². The number of hydrogen-bond donors (Lipinski definition) is 1. The van der Waals surface area contributed by atoms with Gasteiger partial charge in [-0.05, 0) is 59.6 Å². The Labute approximate surface area is 129 Å². The molecule has 1 aromatic carbocycles. The normalized spacial score (nSPS) is 24.3. The van der Waals surface area contributed by atoms with Gasteiger partial charge in [-0.3, -0.25) is 4.90 Å². The average molecular weight is 346 g/mol. The predicted octanol–water partition coefficient (Wildman–Crippen LogP) is 4.09. The molecule has 1 N–H and O–H groups in total. The van der Waals surface area contributed by atoms with Gasteiger partial charge in [0.05, 0.1) is 5.02 Å². The molecule has 2 unspecified atom stereocenters. The molecule has 0 spiro atoms. The van der Waals surface area contributed by atoms with E-state index in [2.05, 4.69) is 59.2 Å². The zero-order chi connectivity index (χ0) is 14.0. The number of nitrogens with one attached hydrogen (secondary N) is 1. The smallest absolute Gasteiger partial charge is 0.0548 e. The van der Waals surface area contributed by atoms with Crippen LogP contribution in [0, 0.1) is 5.92 Å². The molecule has 0 aliphatic carbocycles. The topological polar surface area (TPSA) is 15.3 Å². The standard InChI is InChI=1S/C15H22BrClN2/c1-10(2)18-9-12-6-7-19(3)15(12)11-4-5-14(17)13(16)8-11/h4-5,8,10,12,15,18H,6-7,9H2,1-3H3. The summed E-state index contributed by atoms with van der Waals surface area (Å²) in [6, 6.07) is 7.34. The van der Waals surface area contributed by atoms with E-state index >= 15 is 0 Å². The van der Waals surface area contributed by atoms with Gasteiger partial charge in [-0.15, -0.1) is 0 Å². The highest BCUT2D eigenvalue weighted by molar-refractivity contribution is 9.10. The van der Waals surface area contributed by atoms with Crippen LogP contribution in [0.25, 0.3) is 0 Å². The Morgan fingerprint density at radius 1 is 1.47 bits per heavy atom. The van der Waals surface area contributed by atoms with Crippen LogP contribution in [0.5, 0.6) is 0 Å². The molecule has 4 heteroatoms. The Hall–Kier alpha value is -0.0900. The maximum absolute atomic E-state index is 6.09. The summed E-state index contributed by atoms with van der Waals surface area (Å²) >= 11 is 9.62. The van der Waals surface area contributed by atoms with Gasteiger partial charge >= 0.3 is 0 Å². The highest BCUT2D eigenvalue weighted by atomic mass is 79.9. The Balaban J connectivity index is 2.16. The zero-order valence-corrected chi connectivity index (χ0v) is 14.1. The summed E-state index contributed by atoms with van der Waals surface area (Å²) in [5.74, 6) is 0.667. The SMILES string of the molecule is CC(C)NCC1CCN(C)C1c1ccc(Cl)c(Br)c1. The van der Waals surface area contributed by atoms with Crippen molar-refractivity contribution in [2.24, 2.45) is 5.92 Å². The van der Waals surface area contributed by atoms with E-state index in [0.717, 1.165) is 22.6 Å². The van der Waals surface area contributed by atoms with Gasteiger partial charge in [0, 0.05) is 23.1 Å². The van der Waals surface area contributed by atoms with Crippen molar-refractivity contribution in [3.63, 3.8) is 0 Å². The molecule has 2 nitrogen and oxygen atoms in total. The molecule has 19 heavy (non-hydrogen) atoms. The molecule has 2 atom stereocenters. The summed E-state index contributed by atoms with van der Waals surface area (Å²) in [6.07, 6.45) is 1.25. The fourth-order valence-electron chi connectivity index (χ4n) is 2.85. The molecule has 0 radical (unpaired) electrons. The van der Waals surface area contributed by atoms with Gasteiger partial charge in [-0.2, -0.15) is 0 Å². The fraction of sp³-hybridized carbons (Fsp3) is 0.600. The lowest BCUT2D eigenvalue weighted by molar-refractivity contribution is 0.269. The van der Waals surface area contributed by atoms with Gasteiger partial charge in [-0.25, -0.2) is 0 Å². The van der Waals surface area contributed by atoms with Crippen LogP contribution < -0.4 is 5.32 Å². The second kappa shape index (κ2) is 6.57. The zero-order valence-electron chi connectivity index (χ0n) is 11.8. The van der Waals surface area contributed by atoms with Crippen molar-refractivity contribution in [3.05, 3.63) is 33.3 Å². The monoisotopic (exact) mass is 344 g/mol. The summed E-state index contributed by atoms with van der Waals surface area (Å²) in [5, 5.41) is 4.35. The fourth-order valence-corrected chi connectivity index (χ4v) is 3.36. The van der Waals surface area contributed by atoms with Crippen LogP contribution in [0.4, 0.5) is 0 Å². The second-order valence-corrected chi connectivity index (χ2v) is 6.97. The first-order chi connectivity index (χ1) is 8.99. The largest absolute Gasteiger partial charge is 0.314 e. The van der Waals surface area contributed by atoms with Gasteiger partial charge in [0.25, 0.3) is 0 Å². The molecule has 0 amide bonds. The maximum Gasteiger partial charge on any atom is 0.0548 e. The second-order valence-electron chi connectivity index (χ2n) is 5.71. The van der Waals surface area contributed by atoms with Gasteiger partial charge in [0.2, 0.25) is 0 Å². The predicted molar refractivity (Wildman–Crippen MR) is 85.8 cm³/mol. The van der Waals surface area contributed by atoms with E-state index in [1.165, 1.54) is 12.0 Å². The van der Waals surface area contributed by atoms with Crippen molar-refractivity contribution in [1.29, 1.82) is 0 Å². The molecule has 0 saturated carbocycles. The van der Waals surface area contributed by atoms with Crippen LogP contribution in [-0.4, -0.2) is 31.1 Å². The van der Waals surface area contributed by atoms with E-state index in [4.69, 9.17) is 11.6 Å². The Morgan fingerprint density at radius 3 is 2.84 bits per heavy atom. The summed E-state index contributed by atoms with van der Waals surface area (Å²) in [4.78, 5) is 2.45. The Kier molecular flexibility index (Phi) is 5.29. The first kappa shape index (κ1) is 15.3. The lowest BCUT2D eigenvalue weighted by Crippen LogP contribution is -2.32. The number of halogens is 2. The summed E-state index contributed by atoms with van der Waals surface area (Å²) in [5.41, 5.74) is 1.35. The highest BCUT2D eigenvalue weighted by Gasteiger charge is 2.32. The van der Waals surface area contributed by atoms with E-state index in [-0.39, 0.29) is 0 Å². The minimum Gasteiger partial charge on any atom is -0.314 e. The van der Waals surface area contributed by atoms with Crippen LogP contribution in [0.1, 0.15) is 31.9 Å². The van der Waals surface area contributed by atoms with Gasteiger partial charge in [-0.1, -0.05) is 31.5 Å². The molecule has 1 aliphatic heterocycles. The molecule has 1 heterocycles.